The standard InChI is InChI=1S/C18H14N4/c1-12-4-2-6-17(21-12)15-5-3-9-19-18(15)13-7-8-16-14(10-13)11-20-22-16/h2-11H,1H3,(H,20,22). The van der Waals surface area contributed by atoms with E-state index in [-0.39, 0.29) is 0 Å². The van der Waals surface area contributed by atoms with Gasteiger partial charge in [-0.1, -0.05) is 12.1 Å². The van der Waals surface area contributed by atoms with Gasteiger partial charge in [0.05, 0.1) is 23.1 Å². The lowest BCUT2D eigenvalue weighted by atomic mass is 10.0. The summed E-state index contributed by atoms with van der Waals surface area (Å²) in [6.45, 7) is 2.00. The summed E-state index contributed by atoms with van der Waals surface area (Å²) >= 11 is 0. The molecular weight excluding hydrogens is 272 g/mol. The molecule has 22 heavy (non-hydrogen) atoms. The first-order valence-corrected chi connectivity index (χ1v) is 7.14. The number of aryl methyl sites for hydroxylation is 1. The molecule has 0 atom stereocenters. The van der Waals surface area contributed by atoms with Crippen molar-refractivity contribution in [2.75, 3.05) is 0 Å². The van der Waals surface area contributed by atoms with Crippen LogP contribution in [0.4, 0.5) is 0 Å². The molecule has 3 heterocycles. The van der Waals surface area contributed by atoms with Crippen LogP contribution < -0.4 is 0 Å². The minimum Gasteiger partial charge on any atom is -0.278 e. The highest BCUT2D eigenvalue weighted by Crippen LogP contribution is 2.30. The highest BCUT2D eigenvalue weighted by molar-refractivity contribution is 5.87. The Hall–Kier alpha value is -3.01. The van der Waals surface area contributed by atoms with Crippen LogP contribution in [0.15, 0.2) is 60.9 Å². The molecule has 0 amide bonds. The van der Waals surface area contributed by atoms with Crippen molar-refractivity contribution in [1.82, 2.24) is 20.2 Å². The Morgan fingerprint density at radius 2 is 1.95 bits per heavy atom. The molecule has 0 bridgehead atoms. The van der Waals surface area contributed by atoms with Crippen LogP contribution in [0.5, 0.6) is 0 Å². The molecule has 0 fully saturated rings. The Bertz CT molecular complexity index is 956. The van der Waals surface area contributed by atoms with Gasteiger partial charge in [0.1, 0.15) is 0 Å². The normalized spacial score (nSPS) is 11.0. The van der Waals surface area contributed by atoms with Gasteiger partial charge in [-0.3, -0.25) is 15.1 Å². The van der Waals surface area contributed by atoms with Crippen LogP contribution >= 0.6 is 0 Å². The van der Waals surface area contributed by atoms with Crippen LogP contribution in [-0.4, -0.2) is 20.2 Å². The van der Waals surface area contributed by atoms with E-state index in [1.165, 1.54) is 0 Å². The first-order chi connectivity index (χ1) is 10.8. The lowest BCUT2D eigenvalue weighted by molar-refractivity contribution is 1.12. The summed E-state index contributed by atoms with van der Waals surface area (Å²) < 4.78 is 0. The van der Waals surface area contributed by atoms with E-state index in [4.69, 9.17) is 0 Å². The number of aromatic amines is 1. The van der Waals surface area contributed by atoms with Crippen LogP contribution in [0.3, 0.4) is 0 Å². The molecule has 106 valence electrons. The Balaban J connectivity index is 1.92. The average Bonchev–Trinajstić information content (AvgIpc) is 3.02. The second kappa shape index (κ2) is 5.07. The molecule has 4 heteroatoms. The minimum absolute atomic E-state index is 0.934. The van der Waals surface area contributed by atoms with Crippen molar-refractivity contribution in [3.8, 4) is 22.5 Å². The van der Waals surface area contributed by atoms with Crippen molar-refractivity contribution < 1.29 is 0 Å². The summed E-state index contributed by atoms with van der Waals surface area (Å²) in [5, 5.41) is 8.12. The maximum atomic E-state index is 4.62. The fraction of sp³-hybridized carbons (Fsp3) is 0.0556. The number of benzene rings is 1. The number of fused-ring (bicyclic) bond motifs is 1. The quantitative estimate of drug-likeness (QED) is 0.606. The molecule has 0 aliphatic rings. The van der Waals surface area contributed by atoms with Gasteiger partial charge < -0.3 is 0 Å². The van der Waals surface area contributed by atoms with Gasteiger partial charge in [-0.25, -0.2) is 0 Å². The third kappa shape index (κ3) is 2.15. The predicted octanol–water partition coefficient (Wildman–Crippen LogP) is 4.00. The molecule has 4 rings (SSSR count). The van der Waals surface area contributed by atoms with Crippen LogP contribution in [-0.2, 0) is 0 Å². The van der Waals surface area contributed by atoms with E-state index in [1.54, 1.807) is 0 Å². The fourth-order valence-corrected chi connectivity index (χ4v) is 2.63. The Morgan fingerprint density at radius 1 is 1.00 bits per heavy atom. The Kier molecular flexibility index (Phi) is 2.93. The van der Waals surface area contributed by atoms with Gasteiger partial charge in [-0.15, -0.1) is 0 Å². The second-order valence-electron chi connectivity index (χ2n) is 5.24. The second-order valence-corrected chi connectivity index (χ2v) is 5.24. The summed E-state index contributed by atoms with van der Waals surface area (Å²) in [6, 6.07) is 16.2. The van der Waals surface area contributed by atoms with Crippen LogP contribution in [0.1, 0.15) is 5.69 Å². The highest BCUT2D eigenvalue weighted by atomic mass is 15.1. The Morgan fingerprint density at radius 3 is 2.86 bits per heavy atom. The average molecular weight is 286 g/mol. The molecule has 0 saturated heterocycles. The zero-order valence-corrected chi connectivity index (χ0v) is 12.1. The molecule has 0 radical (unpaired) electrons. The molecule has 4 nitrogen and oxygen atoms in total. The molecule has 1 aromatic carbocycles. The SMILES string of the molecule is Cc1cccc(-c2cccnc2-c2ccc3[nH]ncc3c2)n1. The fourth-order valence-electron chi connectivity index (χ4n) is 2.63. The van der Waals surface area contributed by atoms with Crippen molar-refractivity contribution >= 4 is 10.9 Å². The lowest BCUT2D eigenvalue weighted by Gasteiger charge is -2.09. The lowest BCUT2D eigenvalue weighted by Crippen LogP contribution is -1.92. The summed E-state index contributed by atoms with van der Waals surface area (Å²) in [5.74, 6) is 0. The maximum absolute atomic E-state index is 4.62. The number of rotatable bonds is 2. The van der Waals surface area contributed by atoms with Crippen LogP contribution in [0, 0.1) is 6.92 Å². The number of H-pyrrole nitrogens is 1. The number of nitrogens with one attached hydrogen (secondary N) is 1. The zero-order valence-electron chi connectivity index (χ0n) is 12.1. The number of aromatic nitrogens is 4. The third-order valence-electron chi connectivity index (χ3n) is 3.69. The number of hydrogen-bond donors (Lipinski definition) is 1. The zero-order chi connectivity index (χ0) is 14.9. The van der Waals surface area contributed by atoms with Gasteiger partial charge in [0, 0.05) is 28.4 Å². The van der Waals surface area contributed by atoms with Crippen molar-refractivity contribution in [2.24, 2.45) is 0 Å². The van der Waals surface area contributed by atoms with Crippen molar-refractivity contribution in [3.05, 3.63) is 66.6 Å². The molecule has 0 saturated carbocycles. The highest BCUT2D eigenvalue weighted by Gasteiger charge is 2.10. The number of hydrogen-bond acceptors (Lipinski definition) is 3. The Labute approximate surface area is 127 Å². The van der Waals surface area contributed by atoms with E-state index in [0.717, 1.165) is 39.1 Å². The van der Waals surface area contributed by atoms with Gasteiger partial charge >= 0.3 is 0 Å². The van der Waals surface area contributed by atoms with E-state index in [9.17, 15) is 0 Å². The third-order valence-corrected chi connectivity index (χ3v) is 3.69. The topological polar surface area (TPSA) is 54.5 Å². The van der Waals surface area contributed by atoms with Gasteiger partial charge in [0.15, 0.2) is 0 Å². The number of pyridine rings is 2. The first kappa shape index (κ1) is 12.7. The smallest absolute Gasteiger partial charge is 0.0796 e. The van der Waals surface area contributed by atoms with Crippen molar-refractivity contribution in [1.29, 1.82) is 0 Å². The molecule has 0 spiro atoms. The van der Waals surface area contributed by atoms with E-state index < -0.39 is 0 Å². The maximum Gasteiger partial charge on any atom is 0.0796 e. The summed E-state index contributed by atoms with van der Waals surface area (Å²) in [6.07, 6.45) is 3.64. The summed E-state index contributed by atoms with van der Waals surface area (Å²) in [5.41, 5.74) is 5.99. The molecule has 0 aliphatic carbocycles. The van der Waals surface area contributed by atoms with Gasteiger partial charge in [0.2, 0.25) is 0 Å². The van der Waals surface area contributed by atoms with Crippen LogP contribution in [0.25, 0.3) is 33.4 Å². The predicted molar refractivity (Wildman–Crippen MR) is 87.3 cm³/mol. The van der Waals surface area contributed by atoms with Gasteiger partial charge in [0.25, 0.3) is 0 Å². The molecule has 3 aromatic heterocycles. The van der Waals surface area contributed by atoms with E-state index >= 15 is 0 Å². The summed E-state index contributed by atoms with van der Waals surface area (Å²) in [4.78, 5) is 9.20. The van der Waals surface area contributed by atoms with Gasteiger partial charge in [-0.2, -0.15) is 5.10 Å². The number of nitrogens with zero attached hydrogens (tertiary/aromatic N) is 3. The minimum atomic E-state index is 0.934. The van der Waals surface area contributed by atoms with Gasteiger partial charge in [-0.05, 0) is 43.3 Å². The van der Waals surface area contributed by atoms with Crippen molar-refractivity contribution in [2.45, 2.75) is 6.92 Å². The van der Waals surface area contributed by atoms with Crippen molar-refractivity contribution in [3.63, 3.8) is 0 Å². The molecular formula is C18H14N4. The van der Waals surface area contributed by atoms with E-state index in [2.05, 4.69) is 38.4 Å². The van der Waals surface area contributed by atoms with Crippen LogP contribution in [0.2, 0.25) is 0 Å². The summed E-state index contributed by atoms with van der Waals surface area (Å²) in [7, 11) is 0. The molecule has 4 aromatic rings. The first-order valence-electron chi connectivity index (χ1n) is 7.14. The largest absolute Gasteiger partial charge is 0.278 e. The molecule has 0 unspecified atom stereocenters. The molecule has 1 N–H and O–H groups in total. The monoisotopic (exact) mass is 286 g/mol. The van der Waals surface area contributed by atoms with E-state index in [1.807, 2.05) is 49.6 Å². The van der Waals surface area contributed by atoms with E-state index in [0.29, 0.717) is 0 Å². The molecule has 0 aliphatic heterocycles.